The van der Waals surface area contributed by atoms with Crippen molar-refractivity contribution < 1.29 is 14.1 Å². The summed E-state index contributed by atoms with van der Waals surface area (Å²) in [6.07, 6.45) is 8.61. The molecule has 3 atom stereocenters. The van der Waals surface area contributed by atoms with Gasteiger partial charge in [0.15, 0.2) is 0 Å². The Bertz CT molecular complexity index is 857. The van der Waals surface area contributed by atoms with Gasteiger partial charge in [-0.1, -0.05) is 19.0 Å². The maximum atomic E-state index is 12.9. The van der Waals surface area contributed by atoms with Gasteiger partial charge in [0, 0.05) is 25.7 Å². The van der Waals surface area contributed by atoms with E-state index in [-0.39, 0.29) is 29.8 Å². The lowest BCUT2D eigenvalue weighted by Gasteiger charge is -2.39. The summed E-state index contributed by atoms with van der Waals surface area (Å²) in [5.74, 6) is 0.447. The Morgan fingerprint density at radius 2 is 2.00 bits per heavy atom. The highest BCUT2D eigenvalue weighted by Crippen LogP contribution is 2.39. The number of hydrogen-bond acceptors (Lipinski definition) is 5. The van der Waals surface area contributed by atoms with Crippen LogP contribution >= 0.6 is 0 Å². The van der Waals surface area contributed by atoms with E-state index >= 15 is 0 Å². The standard InChI is InChI=1S/C20H27N5O3/c1-12(2)18-16(10-28-23-18)19(26)22-8-13-6-14-4-5-15(7-13)25(14)20(27)17-9-21-11-24(17)3/h9-15H,4-8H2,1-3H3,(H,22,26)/t13?,14-,15+. The molecule has 4 heterocycles. The van der Waals surface area contributed by atoms with Crippen LogP contribution in [0.1, 0.15) is 72.0 Å². The molecule has 0 saturated carbocycles. The minimum absolute atomic E-state index is 0.0704. The molecule has 0 spiro atoms. The second-order valence-corrected chi connectivity index (χ2v) is 8.30. The Kier molecular flexibility index (Phi) is 4.95. The molecule has 2 bridgehead atoms. The second-order valence-electron chi connectivity index (χ2n) is 8.30. The lowest BCUT2D eigenvalue weighted by Crippen LogP contribution is -2.48. The first-order valence-corrected chi connectivity index (χ1v) is 9.97. The van der Waals surface area contributed by atoms with Crippen LogP contribution in [-0.4, -0.2) is 50.1 Å². The number of nitrogens with zero attached hydrogens (tertiary/aromatic N) is 4. The van der Waals surface area contributed by atoms with Crippen molar-refractivity contribution in [2.24, 2.45) is 13.0 Å². The van der Waals surface area contributed by atoms with Gasteiger partial charge in [-0.15, -0.1) is 0 Å². The Hall–Kier alpha value is -2.64. The molecule has 28 heavy (non-hydrogen) atoms. The van der Waals surface area contributed by atoms with Crippen molar-refractivity contribution in [3.05, 3.63) is 35.7 Å². The SMILES string of the molecule is CC(C)c1nocc1C(=O)NCC1C[C@H]2CC[C@@H](C1)N2C(=O)c1cncn1C. The molecule has 2 amide bonds. The third-order valence-electron chi connectivity index (χ3n) is 6.04. The van der Waals surface area contributed by atoms with E-state index in [4.69, 9.17) is 4.52 Å². The largest absolute Gasteiger partial charge is 0.364 e. The van der Waals surface area contributed by atoms with Crippen LogP contribution < -0.4 is 5.32 Å². The molecule has 0 radical (unpaired) electrons. The number of carbonyl (C=O) groups excluding carboxylic acids is 2. The van der Waals surface area contributed by atoms with Gasteiger partial charge in [0.05, 0.1) is 18.2 Å². The van der Waals surface area contributed by atoms with Crippen LogP contribution in [0.15, 0.2) is 23.3 Å². The monoisotopic (exact) mass is 385 g/mol. The summed E-state index contributed by atoms with van der Waals surface area (Å²) >= 11 is 0. The highest BCUT2D eigenvalue weighted by molar-refractivity contribution is 5.95. The first-order valence-electron chi connectivity index (χ1n) is 9.97. The van der Waals surface area contributed by atoms with Crippen molar-refractivity contribution in [3.63, 3.8) is 0 Å². The maximum absolute atomic E-state index is 12.9. The number of hydrogen-bond donors (Lipinski definition) is 1. The lowest BCUT2D eigenvalue weighted by molar-refractivity contribution is 0.0509. The quantitative estimate of drug-likeness (QED) is 0.853. The number of fused-ring (bicyclic) bond motifs is 2. The number of aromatic nitrogens is 3. The maximum Gasteiger partial charge on any atom is 0.272 e. The van der Waals surface area contributed by atoms with Gasteiger partial charge in [-0.25, -0.2) is 4.98 Å². The van der Waals surface area contributed by atoms with Crippen molar-refractivity contribution in [3.8, 4) is 0 Å². The molecule has 1 unspecified atom stereocenters. The summed E-state index contributed by atoms with van der Waals surface area (Å²) in [4.78, 5) is 31.6. The molecule has 2 aliphatic rings. The fraction of sp³-hybridized carbons (Fsp3) is 0.600. The molecule has 2 saturated heterocycles. The average Bonchev–Trinajstić information content (AvgIpc) is 3.37. The van der Waals surface area contributed by atoms with E-state index in [9.17, 15) is 9.59 Å². The minimum Gasteiger partial charge on any atom is -0.364 e. The third-order valence-corrected chi connectivity index (χ3v) is 6.04. The molecule has 0 aromatic carbocycles. The van der Waals surface area contributed by atoms with Crippen molar-refractivity contribution in [2.75, 3.05) is 6.54 Å². The van der Waals surface area contributed by atoms with Crippen LogP contribution in [0.4, 0.5) is 0 Å². The van der Waals surface area contributed by atoms with E-state index in [0.29, 0.717) is 29.4 Å². The van der Waals surface area contributed by atoms with E-state index in [2.05, 4.69) is 15.5 Å². The predicted octanol–water partition coefficient (Wildman–Crippen LogP) is 2.34. The summed E-state index contributed by atoms with van der Waals surface area (Å²) in [6, 6.07) is 0.481. The summed E-state index contributed by atoms with van der Waals surface area (Å²) in [5.41, 5.74) is 1.84. The number of amides is 2. The lowest BCUT2D eigenvalue weighted by atomic mass is 9.90. The molecule has 2 aromatic heterocycles. The molecule has 8 nitrogen and oxygen atoms in total. The zero-order valence-corrected chi connectivity index (χ0v) is 16.6. The summed E-state index contributed by atoms with van der Waals surface area (Å²) in [6.45, 7) is 4.59. The smallest absolute Gasteiger partial charge is 0.272 e. The molecular weight excluding hydrogens is 358 g/mol. The van der Waals surface area contributed by atoms with Gasteiger partial charge in [-0.05, 0) is 37.5 Å². The number of rotatable bonds is 5. The van der Waals surface area contributed by atoms with E-state index in [1.165, 1.54) is 6.26 Å². The molecule has 2 aromatic rings. The summed E-state index contributed by atoms with van der Waals surface area (Å²) < 4.78 is 6.76. The molecule has 2 fully saturated rings. The molecule has 150 valence electrons. The predicted molar refractivity (Wildman–Crippen MR) is 102 cm³/mol. The zero-order valence-electron chi connectivity index (χ0n) is 16.6. The van der Waals surface area contributed by atoms with E-state index < -0.39 is 0 Å². The van der Waals surface area contributed by atoms with Gasteiger partial charge in [0.2, 0.25) is 0 Å². The Morgan fingerprint density at radius 1 is 1.29 bits per heavy atom. The van der Waals surface area contributed by atoms with Gasteiger partial charge in [-0.3, -0.25) is 9.59 Å². The first-order chi connectivity index (χ1) is 13.5. The number of aryl methyl sites for hydroxylation is 1. The third kappa shape index (κ3) is 3.31. The minimum atomic E-state index is -0.134. The van der Waals surface area contributed by atoms with Crippen molar-refractivity contribution >= 4 is 11.8 Å². The molecule has 8 heteroatoms. The van der Waals surface area contributed by atoms with Gasteiger partial charge >= 0.3 is 0 Å². The van der Waals surface area contributed by atoms with Crippen molar-refractivity contribution in [1.29, 1.82) is 0 Å². The van der Waals surface area contributed by atoms with Crippen LogP contribution in [0.5, 0.6) is 0 Å². The van der Waals surface area contributed by atoms with Crippen LogP contribution in [-0.2, 0) is 7.05 Å². The normalized spacial score (nSPS) is 24.0. The van der Waals surface area contributed by atoms with E-state index in [1.54, 1.807) is 17.1 Å². The fourth-order valence-electron chi connectivity index (χ4n) is 4.65. The Morgan fingerprint density at radius 3 is 2.61 bits per heavy atom. The average molecular weight is 385 g/mol. The summed E-state index contributed by atoms with van der Waals surface area (Å²) in [7, 11) is 1.85. The van der Waals surface area contributed by atoms with Gasteiger partial charge in [-0.2, -0.15) is 0 Å². The van der Waals surface area contributed by atoms with Gasteiger partial charge < -0.3 is 19.3 Å². The topological polar surface area (TPSA) is 93.3 Å². The molecular formula is C20H27N5O3. The van der Waals surface area contributed by atoms with Crippen LogP contribution in [0.25, 0.3) is 0 Å². The van der Waals surface area contributed by atoms with Crippen LogP contribution in [0.2, 0.25) is 0 Å². The number of nitrogens with one attached hydrogen (secondary N) is 1. The molecule has 0 aliphatic carbocycles. The number of carbonyl (C=O) groups is 2. The van der Waals surface area contributed by atoms with Crippen LogP contribution in [0, 0.1) is 5.92 Å². The van der Waals surface area contributed by atoms with Crippen molar-refractivity contribution in [1.82, 2.24) is 24.9 Å². The van der Waals surface area contributed by atoms with Gasteiger partial charge in [0.1, 0.15) is 17.5 Å². The van der Waals surface area contributed by atoms with E-state index in [1.807, 2.05) is 25.8 Å². The van der Waals surface area contributed by atoms with E-state index in [0.717, 1.165) is 25.7 Å². The molecule has 4 rings (SSSR count). The van der Waals surface area contributed by atoms with Gasteiger partial charge in [0.25, 0.3) is 11.8 Å². The Balaban J connectivity index is 1.37. The number of imidazole rings is 1. The highest BCUT2D eigenvalue weighted by Gasteiger charge is 2.43. The zero-order chi connectivity index (χ0) is 19.8. The van der Waals surface area contributed by atoms with Crippen LogP contribution in [0.3, 0.4) is 0 Å². The molecule has 1 N–H and O–H groups in total. The highest BCUT2D eigenvalue weighted by atomic mass is 16.5. The molecule has 2 aliphatic heterocycles. The summed E-state index contributed by atoms with van der Waals surface area (Å²) in [5, 5.41) is 6.98. The fourth-order valence-corrected chi connectivity index (χ4v) is 4.65. The number of piperidine rings is 1. The second kappa shape index (κ2) is 7.41. The first kappa shape index (κ1) is 18.7. The van der Waals surface area contributed by atoms with Crippen molar-refractivity contribution in [2.45, 2.75) is 57.5 Å². The Labute approximate surface area is 164 Å².